The van der Waals surface area contributed by atoms with Gasteiger partial charge in [0.05, 0.1) is 25.4 Å². The quantitative estimate of drug-likeness (QED) is 0.410. The topological polar surface area (TPSA) is 112 Å². The summed E-state index contributed by atoms with van der Waals surface area (Å²) in [6.07, 6.45) is 2.20. The number of carbonyl (C=O) groups excluding carboxylic acids is 3. The molecule has 100 valence electrons. The number of hydrogen-bond donors (Lipinski definition) is 3. The Labute approximate surface area is 105 Å². The largest absolute Gasteiger partial charge is 0.396 e. The first-order valence-electron chi connectivity index (χ1n) is 5.09. The van der Waals surface area contributed by atoms with Crippen LogP contribution in [0.4, 0.5) is 0 Å². The van der Waals surface area contributed by atoms with Crippen LogP contribution in [0.15, 0.2) is 17.7 Å². The van der Waals surface area contributed by atoms with Gasteiger partial charge in [0.1, 0.15) is 17.8 Å². The van der Waals surface area contributed by atoms with Gasteiger partial charge in [-0.1, -0.05) is 6.92 Å². The third-order valence-corrected chi connectivity index (χ3v) is 2.30. The number of rotatable bonds is 6. The molecule has 0 saturated carbocycles. The minimum atomic E-state index is -0.667. The lowest BCUT2D eigenvalue weighted by atomic mass is 9.88. The summed E-state index contributed by atoms with van der Waals surface area (Å²) in [6, 6.07) is 0. The Balaban J connectivity index is 0. The Morgan fingerprint density at radius 1 is 1.00 bits per heavy atom. The second-order valence-corrected chi connectivity index (χ2v) is 3.41. The molecule has 0 radical (unpaired) electrons. The van der Waals surface area contributed by atoms with Crippen LogP contribution < -0.4 is 0 Å². The zero-order valence-electron chi connectivity index (χ0n) is 10.0. The summed E-state index contributed by atoms with van der Waals surface area (Å²) in [6.45, 7) is 1.35. The third-order valence-electron chi connectivity index (χ3n) is 2.30. The first-order chi connectivity index (χ1) is 8.59. The average Bonchev–Trinajstić information content (AvgIpc) is 2.42. The molecule has 0 amide bonds. The van der Waals surface area contributed by atoms with Gasteiger partial charge in [0.15, 0.2) is 0 Å². The molecule has 0 aliphatic rings. The van der Waals surface area contributed by atoms with Crippen molar-refractivity contribution in [1.29, 1.82) is 0 Å². The smallest absolute Gasteiger partial charge is 0.133 e. The Hall–Kier alpha value is -1.77. The van der Waals surface area contributed by atoms with Crippen molar-refractivity contribution in [3.63, 3.8) is 0 Å². The molecule has 0 saturated heterocycles. The van der Waals surface area contributed by atoms with E-state index in [0.29, 0.717) is 6.42 Å². The van der Waals surface area contributed by atoms with Crippen molar-refractivity contribution >= 4 is 17.8 Å². The lowest BCUT2D eigenvalue weighted by Crippen LogP contribution is -2.32. The van der Waals surface area contributed by atoms with Crippen LogP contribution in [0.25, 0.3) is 0 Å². The number of hydrogen-bond acceptors (Lipinski definition) is 6. The predicted molar refractivity (Wildman–Crippen MR) is 63.7 cm³/mol. The summed E-state index contributed by atoms with van der Waals surface area (Å²) < 4.78 is 0. The van der Waals surface area contributed by atoms with Gasteiger partial charge in [0, 0.05) is 17.6 Å². The first-order valence-corrected chi connectivity index (χ1v) is 5.09. The van der Waals surface area contributed by atoms with Crippen molar-refractivity contribution in [3.8, 4) is 0 Å². The van der Waals surface area contributed by atoms with Crippen LogP contribution in [-0.4, -0.2) is 53.0 Å². The van der Waals surface area contributed by atoms with Gasteiger partial charge in [-0.15, -0.1) is 0 Å². The summed E-state index contributed by atoms with van der Waals surface area (Å²) in [5.41, 5.74) is -0.819. The molecule has 0 aliphatic carbocycles. The Kier molecular flexibility index (Phi) is 12.1. The van der Waals surface area contributed by atoms with Gasteiger partial charge in [-0.05, 0) is 6.42 Å². The van der Waals surface area contributed by atoms with Gasteiger partial charge in [-0.2, -0.15) is 0 Å². The predicted octanol–water partition coefficient (Wildman–Crippen LogP) is -1.12. The SMILES string of the molecule is CCC(CO)(CO)CO.O=C=CC(=C=O)C=C=O. The van der Waals surface area contributed by atoms with Crippen molar-refractivity contribution in [2.75, 3.05) is 19.8 Å². The van der Waals surface area contributed by atoms with Crippen LogP contribution >= 0.6 is 0 Å². The minimum absolute atomic E-state index is 0.153. The molecule has 18 heavy (non-hydrogen) atoms. The van der Waals surface area contributed by atoms with E-state index in [9.17, 15) is 14.4 Å². The van der Waals surface area contributed by atoms with Crippen molar-refractivity contribution in [2.45, 2.75) is 13.3 Å². The molecule has 0 rings (SSSR count). The van der Waals surface area contributed by atoms with Crippen LogP contribution in [0.5, 0.6) is 0 Å². The Morgan fingerprint density at radius 2 is 1.39 bits per heavy atom. The zero-order valence-corrected chi connectivity index (χ0v) is 10.0. The highest BCUT2D eigenvalue weighted by Crippen LogP contribution is 2.18. The Bertz CT molecular complexity index is 327. The van der Waals surface area contributed by atoms with Gasteiger partial charge in [0.2, 0.25) is 0 Å². The van der Waals surface area contributed by atoms with E-state index in [4.69, 9.17) is 15.3 Å². The van der Waals surface area contributed by atoms with E-state index in [1.807, 2.05) is 6.92 Å². The van der Waals surface area contributed by atoms with Gasteiger partial charge in [-0.3, -0.25) is 0 Å². The molecule has 0 atom stereocenters. The normalized spacial score (nSPS) is 8.89. The summed E-state index contributed by atoms with van der Waals surface area (Å²) in [5, 5.41) is 26.0. The molecule has 6 nitrogen and oxygen atoms in total. The van der Waals surface area contributed by atoms with Crippen molar-refractivity contribution in [2.24, 2.45) is 5.41 Å². The highest BCUT2D eigenvalue weighted by atomic mass is 16.3. The molecule has 0 fully saturated rings. The lowest BCUT2D eigenvalue weighted by Gasteiger charge is -2.24. The summed E-state index contributed by atoms with van der Waals surface area (Å²) in [5.74, 6) is 3.97. The van der Waals surface area contributed by atoms with Gasteiger partial charge in [0.25, 0.3) is 0 Å². The molecule has 3 N–H and O–H groups in total. The van der Waals surface area contributed by atoms with Gasteiger partial charge >= 0.3 is 0 Å². The molecular weight excluding hydrogens is 240 g/mol. The molecule has 0 aliphatic heterocycles. The molecular formula is C12H16O6. The lowest BCUT2D eigenvalue weighted by molar-refractivity contribution is 0.00304. The molecule has 0 spiro atoms. The van der Waals surface area contributed by atoms with E-state index in [-0.39, 0.29) is 25.4 Å². The number of allylic oxidation sites excluding steroid dienone is 3. The summed E-state index contributed by atoms with van der Waals surface area (Å²) in [7, 11) is 0. The zero-order chi connectivity index (χ0) is 14.4. The van der Waals surface area contributed by atoms with Crippen molar-refractivity contribution in [3.05, 3.63) is 17.7 Å². The van der Waals surface area contributed by atoms with Crippen LogP contribution in [0.2, 0.25) is 0 Å². The Morgan fingerprint density at radius 3 is 1.50 bits per heavy atom. The van der Waals surface area contributed by atoms with E-state index in [2.05, 4.69) is 0 Å². The molecule has 0 bridgehead atoms. The summed E-state index contributed by atoms with van der Waals surface area (Å²) >= 11 is 0. The molecule has 0 aromatic rings. The van der Waals surface area contributed by atoms with E-state index in [0.717, 1.165) is 12.2 Å². The fraction of sp³-hybridized carbons (Fsp3) is 0.500. The summed E-state index contributed by atoms with van der Waals surface area (Å²) in [4.78, 5) is 28.7. The monoisotopic (exact) mass is 256 g/mol. The highest BCUT2D eigenvalue weighted by Gasteiger charge is 2.24. The molecule has 0 heterocycles. The van der Waals surface area contributed by atoms with E-state index < -0.39 is 5.41 Å². The third kappa shape index (κ3) is 7.49. The minimum Gasteiger partial charge on any atom is -0.396 e. The van der Waals surface area contributed by atoms with Crippen LogP contribution in [0.3, 0.4) is 0 Å². The maximum Gasteiger partial charge on any atom is 0.133 e. The molecule has 0 aromatic carbocycles. The second kappa shape index (κ2) is 11.7. The van der Waals surface area contributed by atoms with Crippen LogP contribution in [0, 0.1) is 5.41 Å². The number of aliphatic hydroxyl groups excluding tert-OH is 3. The standard InChI is InChI=1S/C6H2O3.C6H14O3/c7-3-1-6(5-9)2-4-8;1-2-6(3-7,4-8)5-9/h1-2H;7-9H,2-5H2,1H3. The molecule has 6 heteroatoms. The average molecular weight is 256 g/mol. The van der Waals surface area contributed by atoms with E-state index in [1.165, 1.54) is 17.8 Å². The van der Waals surface area contributed by atoms with E-state index in [1.54, 1.807) is 0 Å². The maximum absolute atomic E-state index is 9.70. The maximum atomic E-state index is 9.70. The fourth-order valence-electron chi connectivity index (χ4n) is 0.713. The first kappa shape index (κ1) is 18.6. The molecule has 0 unspecified atom stereocenters. The van der Waals surface area contributed by atoms with E-state index >= 15 is 0 Å². The number of aliphatic hydroxyl groups is 3. The van der Waals surface area contributed by atoms with Crippen LogP contribution in [-0.2, 0) is 14.4 Å². The molecule has 0 aromatic heterocycles. The van der Waals surface area contributed by atoms with Gasteiger partial charge < -0.3 is 15.3 Å². The van der Waals surface area contributed by atoms with Crippen molar-refractivity contribution < 1.29 is 29.7 Å². The highest BCUT2D eigenvalue weighted by molar-refractivity contribution is 5.73. The van der Waals surface area contributed by atoms with Crippen LogP contribution in [0.1, 0.15) is 13.3 Å². The second-order valence-electron chi connectivity index (χ2n) is 3.41. The van der Waals surface area contributed by atoms with Crippen molar-refractivity contribution in [1.82, 2.24) is 0 Å². The van der Waals surface area contributed by atoms with Gasteiger partial charge in [-0.25, -0.2) is 14.4 Å². The fourth-order valence-corrected chi connectivity index (χ4v) is 0.713.